The average Bonchev–Trinajstić information content (AvgIpc) is 2.60. The van der Waals surface area contributed by atoms with Crippen LogP contribution in [0.5, 0.6) is 5.75 Å². The first-order valence-electron chi connectivity index (χ1n) is 5.00. The molecule has 0 amide bonds. The highest BCUT2D eigenvalue weighted by Gasteiger charge is 2.37. The Balaban J connectivity index is 2.32. The minimum Gasteiger partial charge on any atom is -0.497 e. The van der Waals surface area contributed by atoms with E-state index in [-0.39, 0.29) is 5.97 Å². The van der Waals surface area contributed by atoms with E-state index >= 15 is 0 Å². The SMILES string of the molecule is COc1cccc([C@]2(C)CCC(=O)O2)c1. The van der Waals surface area contributed by atoms with E-state index in [4.69, 9.17) is 9.47 Å². The zero-order valence-electron chi connectivity index (χ0n) is 8.95. The quantitative estimate of drug-likeness (QED) is 0.696. The van der Waals surface area contributed by atoms with Crippen LogP contribution in [-0.2, 0) is 15.1 Å². The van der Waals surface area contributed by atoms with Gasteiger partial charge in [0.15, 0.2) is 0 Å². The molecule has 0 aromatic heterocycles. The zero-order valence-corrected chi connectivity index (χ0v) is 8.95. The summed E-state index contributed by atoms with van der Waals surface area (Å²) in [7, 11) is 1.63. The van der Waals surface area contributed by atoms with E-state index in [1.54, 1.807) is 7.11 Å². The number of esters is 1. The van der Waals surface area contributed by atoms with Crippen molar-refractivity contribution in [2.45, 2.75) is 25.4 Å². The summed E-state index contributed by atoms with van der Waals surface area (Å²) in [6, 6.07) is 7.66. The molecule has 1 aromatic rings. The summed E-state index contributed by atoms with van der Waals surface area (Å²) in [4.78, 5) is 11.1. The number of hydrogen-bond donors (Lipinski definition) is 0. The Morgan fingerprint density at radius 3 is 2.87 bits per heavy atom. The number of carbonyl (C=O) groups excluding carboxylic acids is 1. The van der Waals surface area contributed by atoms with Crippen LogP contribution in [0.15, 0.2) is 24.3 Å². The van der Waals surface area contributed by atoms with Crippen LogP contribution < -0.4 is 4.74 Å². The molecule has 0 radical (unpaired) electrons. The molecule has 1 saturated heterocycles. The van der Waals surface area contributed by atoms with Crippen molar-refractivity contribution in [3.8, 4) is 5.75 Å². The Hall–Kier alpha value is -1.51. The first-order valence-corrected chi connectivity index (χ1v) is 5.00. The van der Waals surface area contributed by atoms with Crippen molar-refractivity contribution in [1.29, 1.82) is 0 Å². The maximum absolute atomic E-state index is 11.1. The number of methoxy groups -OCH3 is 1. The van der Waals surface area contributed by atoms with E-state index < -0.39 is 5.60 Å². The van der Waals surface area contributed by atoms with E-state index in [1.807, 2.05) is 31.2 Å². The summed E-state index contributed by atoms with van der Waals surface area (Å²) in [5, 5.41) is 0. The smallest absolute Gasteiger partial charge is 0.306 e. The van der Waals surface area contributed by atoms with Gasteiger partial charge in [-0.25, -0.2) is 0 Å². The molecule has 15 heavy (non-hydrogen) atoms. The van der Waals surface area contributed by atoms with Gasteiger partial charge >= 0.3 is 5.97 Å². The number of carbonyl (C=O) groups is 1. The van der Waals surface area contributed by atoms with E-state index in [0.29, 0.717) is 6.42 Å². The molecule has 1 heterocycles. The van der Waals surface area contributed by atoms with Gasteiger partial charge in [0, 0.05) is 12.8 Å². The Morgan fingerprint density at radius 2 is 2.27 bits per heavy atom. The predicted octanol–water partition coefficient (Wildman–Crippen LogP) is 2.25. The summed E-state index contributed by atoms with van der Waals surface area (Å²) in [5.74, 6) is 0.664. The predicted molar refractivity (Wildman–Crippen MR) is 55.7 cm³/mol. The fraction of sp³-hybridized carbons (Fsp3) is 0.417. The van der Waals surface area contributed by atoms with Gasteiger partial charge in [0.1, 0.15) is 11.4 Å². The van der Waals surface area contributed by atoms with Gasteiger partial charge in [-0.3, -0.25) is 4.79 Å². The molecule has 1 atom stereocenters. The van der Waals surface area contributed by atoms with Gasteiger partial charge in [-0.15, -0.1) is 0 Å². The van der Waals surface area contributed by atoms with Gasteiger partial charge < -0.3 is 9.47 Å². The van der Waals surface area contributed by atoms with Crippen molar-refractivity contribution < 1.29 is 14.3 Å². The Kier molecular flexibility index (Phi) is 2.39. The lowest BCUT2D eigenvalue weighted by molar-refractivity contribution is -0.147. The molecule has 0 aliphatic carbocycles. The lowest BCUT2D eigenvalue weighted by Crippen LogP contribution is -2.20. The minimum absolute atomic E-state index is 0.125. The van der Waals surface area contributed by atoms with Crippen molar-refractivity contribution in [1.82, 2.24) is 0 Å². The van der Waals surface area contributed by atoms with Crippen LogP contribution in [0.3, 0.4) is 0 Å². The lowest BCUT2D eigenvalue weighted by Gasteiger charge is -2.23. The molecule has 0 bridgehead atoms. The summed E-state index contributed by atoms with van der Waals surface area (Å²) >= 11 is 0. The first-order chi connectivity index (χ1) is 7.14. The largest absolute Gasteiger partial charge is 0.497 e. The van der Waals surface area contributed by atoms with Crippen LogP contribution in [0.2, 0.25) is 0 Å². The van der Waals surface area contributed by atoms with Gasteiger partial charge in [0.05, 0.1) is 7.11 Å². The van der Waals surface area contributed by atoms with Crippen LogP contribution in [0.25, 0.3) is 0 Å². The molecule has 0 N–H and O–H groups in total. The Morgan fingerprint density at radius 1 is 1.47 bits per heavy atom. The number of rotatable bonds is 2. The van der Waals surface area contributed by atoms with Gasteiger partial charge in [-0.05, 0) is 24.6 Å². The van der Waals surface area contributed by atoms with Crippen LogP contribution in [-0.4, -0.2) is 13.1 Å². The van der Waals surface area contributed by atoms with Crippen molar-refractivity contribution in [2.24, 2.45) is 0 Å². The number of ether oxygens (including phenoxy) is 2. The molecule has 1 aromatic carbocycles. The van der Waals surface area contributed by atoms with Gasteiger partial charge in [-0.1, -0.05) is 12.1 Å². The third-order valence-corrected chi connectivity index (χ3v) is 2.83. The molecule has 0 spiro atoms. The van der Waals surface area contributed by atoms with Gasteiger partial charge in [-0.2, -0.15) is 0 Å². The first kappa shape index (κ1) is 10.0. The molecular weight excluding hydrogens is 192 g/mol. The molecule has 0 unspecified atom stereocenters. The third kappa shape index (κ3) is 1.82. The zero-order chi connectivity index (χ0) is 10.9. The number of hydrogen-bond acceptors (Lipinski definition) is 3. The Bertz CT molecular complexity index is 386. The van der Waals surface area contributed by atoms with Crippen LogP contribution >= 0.6 is 0 Å². The van der Waals surface area contributed by atoms with Crippen molar-refractivity contribution in [2.75, 3.05) is 7.11 Å². The number of cyclic esters (lactones) is 1. The molecule has 1 aliphatic rings. The minimum atomic E-state index is -0.481. The molecule has 80 valence electrons. The Labute approximate surface area is 89.0 Å². The summed E-state index contributed by atoms with van der Waals surface area (Å²) in [6.07, 6.45) is 1.23. The highest BCUT2D eigenvalue weighted by Crippen LogP contribution is 2.37. The second kappa shape index (κ2) is 3.57. The van der Waals surface area contributed by atoms with Crippen molar-refractivity contribution in [3.05, 3.63) is 29.8 Å². The van der Waals surface area contributed by atoms with E-state index in [0.717, 1.165) is 17.7 Å². The standard InChI is InChI=1S/C12H14O3/c1-12(7-6-11(13)15-12)9-4-3-5-10(8-9)14-2/h3-5,8H,6-7H2,1-2H3/t12-/m0/s1. The molecule has 1 fully saturated rings. The molecule has 3 heteroatoms. The van der Waals surface area contributed by atoms with Crippen LogP contribution in [0.1, 0.15) is 25.3 Å². The van der Waals surface area contributed by atoms with E-state index in [9.17, 15) is 4.79 Å². The second-order valence-corrected chi connectivity index (χ2v) is 3.94. The highest BCUT2D eigenvalue weighted by molar-refractivity contribution is 5.72. The summed E-state index contributed by atoms with van der Waals surface area (Å²) < 4.78 is 10.5. The molecule has 2 rings (SSSR count). The third-order valence-electron chi connectivity index (χ3n) is 2.83. The van der Waals surface area contributed by atoms with Crippen LogP contribution in [0, 0.1) is 0 Å². The molecule has 0 saturated carbocycles. The molecule has 3 nitrogen and oxygen atoms in total. The molecular formula is C12H14O3. The molecule has 1 aliphatic heterocycles. The monoisotopic (exact) mass is 206 g/mol. The second-order valence-electron chi connectivity index (χ2n) is 3.94. The van der Waals surface area contributed by atoms with Crippen molar-refractivity contribution in [3.63, 3.8) is 0 Å². The van der Waals surface area contributed by atoms with Gasteiger partial charge in [0.2, 0.25) is 0 Å². The van der Waals surface area contributed by atoms with Crippen LogP contribution in [0.4, 0.5) is 0 Å². The van der Waals surface area contributed by atoms with E-state index in [1.165, 1.54) is 0 Å². The normalized spacial score (nSPS) is 25.1. The number of benzene rings is 1. The fourth-order valence-electron chi connectivity index (χ4n) is 1.85. The maximum atomic E-state index is 11.1. The van der Waals surface area contributed by atoms with Crippen molar-refractivity contribution >= 4 is 5.97 Å². The maximum Gasteiger partial charge on any atom is 0.306 e. The highest BCUT2D eigenvalue weighted by atomic mass is 16.6. The summed E-state index contributed by atoms with van der Waals surface area (Å²) in [5.41, 5.74) is 0.513. The van der Waals surface area contributed by atoms with Gasteiger partial charge in [0.25, 0.3) is 0 Å². The topological polar surface area (TPSA) is 35.5 Å². The summed E-state index contributed by atoms with van der Waals surface area (Å²) in [6.45, 7) is 1.94. The lowest BCUT2D eigenvalue weighted by atomic mass is 9.93. The van der Waals surface area contributed by atoms with E-state index in [2.05, 4.69) is 0 Å². The average molecular weight is 206 g/mol. The fourth-order valence-corrected chi connectivity index (χ4v) is 1.85.